The number of aromatic nitrogens is 1. The molecule has 2 aromatic rings. The molecule has 1 aliphatic carbocycles. The van der Waals surface area contributed by atoms with Gasteiger partial charge in [-0.05, 0) is 43.2 Å². The second kappa shape index (κ2) is 9.17. The number of benzene rings is 1. The number of imide groups is 1. The van der Waals surface area contributed by atoms with E-state index in [2.05, 4.69) is 20.9 Å². The number of hydrogen-bond acceptors (Lipinski definition) is 5. The molecule has 2 fully saturated rings. The number of nitrogens with one attached hydrogen (secondary N) is 3. The average Bonchev–Trinajstić information content (AvgIpc) is 3.36. The van der Waals surface area contributed by atoms with E-state index in [-0.39, 0.29) is 30.7 Å². The number of urea groups is 1. The second-order valence-corrected chi connectivity index (χ2v) is 8.06. The van der Waals surface area contributed by atoms with Crippen LogP contribution in [0.3, 0.4) is 0 Å². The summed E-state index contributed by atoms with van der Waals surface area (Å²) in [6, 6.07) is 11.6. The van der Waals surface area contributed by atoms with Crippen LogP contribution >= 0.6 is 0 Å². The van der Waals surface area contributed by atoms with Gasteiger partial charge in [-0.3, -0.25) is 24.3 Å². The van der Waals surface area contributed by atoms with Crippen LogP contribution in [0.2, 0.25) is 0 Å². The van der Waals surface area contributed by atoms with E-state index in [1.807, 2.05) is 12.1 Å². The monoisotopic (exact) mass is 435 g/mol. The van der Waals surface area contributed by atoms with Crippen molar-refractivity contribution >= 4 is 29.4 Å². The lowest BCUT2D eigenvalue weighted by molar-refractivity contribution is -0.131. The molecule has 32 heavy (non-hydrogen) atoms. The maximum absolute atomic E-state index is 12.7. The number of hydrogen-bond donors (Lipinski definition) is 3. The highest BCUT2D eigenvalue weighted by Crippen LogP contribution is 2.35. The number of pyridine rings is 1. The minimum atomic E-state index is -0.773. The van der Waals surface area contributed by atoms with Crippen LogP contribution in [0.5, 0.6) is 0 Å². The van der Waals surface area contributed by atoms with E-state index in [0.717, 1.165) is 23.4 Å². The lowest BCUT2D eigenvalue weighted by atomic mass is 9.98. The van der Waals surface area contributed by atoms with Crippen LogP contribution in [0.25, 0.3) is 0 Å². The Morgan fingerprint density at radius 1 is 1.09 bits per heavy atom. The quantitative estimate of drug-likeness (QED) is 0.576. The van der Waals surface area contributed by atoms with Gasteiger partial charge < -0.3 is 16.0 Å². The van der Waals surface area contributed by atoms with Crippen molar-refractivity contribution in [3.8, 4) is 0 Å². The smallest absolute Gasteiger partial charge is 0.325 e. The zero-order valence-corrected chi connectivity index (χ0v) is 17.6. The van der Waals surface area contributed by atoms with Crippen molar-refractivity contribution < 1.29 is 19.2 Å². The fourth-order valence-electron chi connectivity index (χ4n) is 4.15. The van der Waals surface area contributed by atoms with Crippen LogP contribution < -0.4 is 16.0 Å². The van der Waals surface area contributed by atoms with Crippen LogP contribution in [0, 0.1) is 0 Å². The Kier molecular flexibility index (Phi) is 6.16. The van der Waals surface area contributed by atoms with E-state index in [9.17, 15) is 19.2 Å². The summed E-state index contributed by atoms with van der Waals surface area (Å²) in [5, 5.41) is 8.32. The molecular formula is C23H25N5O4. The predicted molar refractivity (Wildman–Crippen MR) is 117 cm³/mol. The molecule has 2 heterocycles. The minimum Gasteiger partial charge on any atom is -0.346 e. The van der Waals surface area contributed by atoms with Crippen LogP contribution in [0.1, 0.15) is 48.2 Å². The number of amides is 5. The maximum atomic E-state index is 12.7. The Hall–Kier alpha value is -3.75. The van der Waals surface area contributed by atoms with E-state index >= 15 is 0 Å². The SMILES string of the molecule is O=C(CCN1C(=O)NC2(CCCC2)C1=O)Nc1cccc(C(=O)NCc2ccccn2)c1. The van der Waals surface area contributed by atoms with Crippen molar-refractivity contribution in [2.24, 2.45) is 0 Å². The normalized spacial score (nSPS) is 16.8. The Labute approximate surface area is 185 Å². The molecule has 1 aromatic carbocycles. The third-order valence-corrected chi connectivity index (χ3v) is 5.83. The molecule has 9 heteroatoms. The molecule has 9 nitrogen and oxygen atoms in total. The van der Waals surface area contributed by atoms with E-state index in [1.165, 1.54) is 0 Å². The molecule has 166 valence electrons. The van der Waals surface area contributed by atoms with Crippen LogP contribution in [0.15, 0.2) is 48.7 Å². The first-order valence-corrected chi connectivity index (χ1v) is 10.7. The lowest BCUT2D eigenvalue weighted by Crippen LogP contribution is -2.44. The van der Waals surface area contributed by atoms with Gasteiger partial charge in [0, 0.05) is 30.4 Å². The number of nitrogens with zero attached hydrogens (tertiary/aromatic N) is 2. The Bertz CT molecular complexity index is 1030. The van der Waals surface area contributed by atoms with Crippen molar-refractivity contribution in [2.45, 2.75) is 44.2 Å². The highest BCUT2D eigenvalue weighted by atomic mass is 16.2. The van der Waals surface area contributed by atoms with Crippen LogP contribution in [-0.4, -0.2) is 45.7 Å². The summed E-state index contributed by atoms with van der Waals surface area (Å²) in [4.78, 5) is 55.0. The van der Waals surface area contributed by atoms with Gasteiger partial charge >= 0.3 is 6.03 Å². The van der Waals surface area contributed by atoms with Gasteiger partial charge in [0.2, 0.25) is 5.91 Å². The second-order valence-electron chi connectivity index (χ2n) is 8.06. The molecule has 0 atom stereocenters. The maximum Gasteiger partial charge on any atom is 0.325 e. The van der Waals surface area contributed by atoms with E-state index in [4.69, 9.17) is 0 Å². The predicted octanol–water partition coefficient (Wildman–Crippen LogP) is 2.20. The first-order chi connectivity index (χ1) is 15.5. The van der Waals surface area contributed by atoms with E-state index in [1.54, 1.807) is 36.5 Å². The van der Waals surface area contributed by atoms with Gasteiger partial charge in [-0.15, -0.1) is 0 Å². The molecule has 0 unspecified atom stereocenters. The van der Waals surface area contributed by atoms with Crippen LogP contribution in [-0.2, 0) is 16.1 Å². The number of carbonyl (C=O) groups is 4. The summed E-state index contributed by atoms with van der Waals surface area (Å²) < 4.78 is 0. The largest absolute Gasteiger partial charge is 0.346 e. The summed E-state index contributed by atoms with van der Waals surface area (Å²) in [5.74, 6) is -0.865. The van der Waals surface area contributed by atoms with Gasteiger partial charge in [-0.25, -0.2) is 4.79 Å². The molecule has 1 saturated heterocycles. The first-order valence-electron chi connectivity index (χ1n) is 10.7. The van der Waals surface area contributed by atoms with Gasteiger partial charge in [-0.2, -0.15) is 0 Å². The van der Waals surface area contributed by atoms with Crippen molar-refractivity contribution in [1.82, 2.24) is 20.5 Å². The van der Waals surface area contributed by atoms with Crippen molar-refractivity contribution in [3.63, 3.8) is 0 Å². The molecule has 1 spiro atoms. The Morgan fingerprint density at radius 3 is 2.66 bits per heavy atom. The summed E-state index contributed by atoms with van der Waals surface area (Å²) in [5.41, 5.74) is 0.830. The third kappa shape index (κ3) is 4.61. The molecule has 4 rings (SSSR count). The van der Waals surface area contributed by atoms with Gasteiger partial charge in [0.15, 0.2) is 0 Å². The summed E-state index contributed by atoms with van der Waals surface area (Å²) in [7, 11) is 0. The molecule has 1 saturated carbocycles. The van der Waals surface area contributed by atoms with Gasteiger partial charge in [0.05, 0.1) is 12.2 Å². The van der Waals surface area contributed by atoms with E-state index in [0.29, 0.717) is 30.6 Å². The summed E-state index contributed by atoms with van der Waals surface area (Å²) >= 11 is 0. The topological polar surface area (TPSA) is 121 Å². The lowest BCUT2D eigenvalue weighted by Gasteiger charge is -2.19. The fraction of sp³-hybridized carbons (Fsp3) is 0.348. The highest BCUT2D eigenvalue weighted by molar-refractivity contribution is 6.07. The zero-order valence-electron chi connectivity index (χ0n) is 17.6. The number of anilines is 1. The highest BCUT2D eigenvalue weighted by Gasteiger charge is 2.52. The molecule has 0 radical (unpaired) electrons. The summed E-state index contributed by atoms with van der Waals surface area (Å²) in [6.45, 7) is 0.312. The summed E-state index contributed by atoms with van der Waals surface area (Å²) in [6.07, 6.45) is 4.75. The Morgan fingerprint density at radius 2 is 1.91 bits per heavy atom. The molecule has 5 amide bonds. The zero-order chi connectivity index (χ0) is 22.6. The molecule has 2 aliphatic rings. The number of carbonyl (C=O) groups excluding carboxylic acids is 4. The van der Waals surface area contributed by atoms with Gasteiger partial charge in [0.25, 0.3) is 11.8 Å². The molecule has 1 aliphatic heterocycles. The van der Waals surface area contributed by atoms with Crippen molar-refractivity contribution in [2.75, 3.05) is 11.9 Å². The van der Waals surface area contributed by atoms with Crippen LogP contribution in [0.4, 0.5) is 10.5 Å². The Balaban J connectivity index is 1.29. The minimum absolute atomic E-state index is 0.0164. The van der Waals surface area contributed by atoms with Gasteiger partial charge in [0.1, 0.15) is 5.54 Å². The van der Waals surface area contributed by atoms with Crippen molar-refractivity contribution in [1.29, 1.82) is 0 Å². The molecule has 1 aromatic heterocycles. The molecule has 3 N–H and O–H groups in total. The standard InChI is InChI=1S/C23H25N5O4/c29-19(9-13-28-21(31)23(27-22(28)32)10-2-3-11-23)26-17-8-5-6-16(14-17)20(30)25-15-18-7-1-4-12-24-18/h1,4-8,12,14H,2-3,9-11,13,15H2,(H,25,30)(H,26,29)(H,27,32). The van der Waals surface area contributed by atoms with Gasteiger partial charge in [-0.1, -0.05) is 25.0 Å². The fourth-order valence-corrected chi connectivity index (χ4v) is 4.15. The van der Waals surface area contributed by atoms with Crippen molar-refractivity contribution in [3.05, 3.63) is 59.9 Å². The third-order valence-electron chi connectivity index (χ3n) is 5.83. The first kappa shape index (κ1) is 21.5. The molecule has 0 bridgehead atoms. The number of rotatable bonds is 7. The average molecular weight is 435 g/mol. The van der Waals surface area contributed by atoms with E-state index < -0.39 is 11.6 Å². The molecular weight excluding hydrogens is 410 g/mol.